The van der Waals surface area contributed by atoms with Crippen molar-refractivity contribution in [1.29, 1.82) is 0 Å². The maximum Gasteiger partial charge on any atom is 0.338 e. The van der Waals surface area contributed by atoms with Gasteiger partial charge in [0, 0.05) is 39.3 Å². The Labute approximate surface area is 270 Å². The van der Waals surface area contributed by atoms with Gasteiger partial charge in [0.05, 0.1) is 28.5 Å². The molecule has 0 bridgehead atoms. The largest absolute Gasteiger partial charge is 0.491 e. The van der Waals surface area contributed by atoms with Gasteiger partial charge < -0.3 is 14.0 Å². The van der Waals surface area contributed by atoms with E-state index >= 15 is 0 Å². The van der Waals surface area contributed by atoms with E-state index in [0.29, 0.717) is 43.5 Å². The van der Waals surface area contributed by atoms with Crippen LogP contribution in [0.4, 0.5) is 0 Å². The molecular weight excluding hydrogens is 606 g/mol. The monoisotopic (exact) mass is 639 g/mol. The van der Waals surface area contributed by atoms with Crippen LogP contribution >= 0.6 is 22.9 Å². The minimum Gasteiger partial charge on any atom is -0.491 e. The zero-order valence-electron chi connectivity index (χ0n) is 25.8. The van der Waals surface area contributed by atoms with Crippen LogP contribution in [0.25, 0.3) is 17.0 Å². The first-order valence-corrected chi connectivity index (χ1v) is 16.2. The molecule has 0 spiro atoms. The summed E-state index contributed by atoms with van der Waals surface area (Å²) in [4.78, 5) is 33.1. The number of allylic oxidation sites excluding steroid dienone is 1. The van der Waals surface area contributed by atoms with Crippen LogP contribution in [0.2, 0.25) is 5.02 Å². The Morgan fingerprint density at radius 2 is 1.76 bits per heavy atom. The van der Waals surface area contributed by atoms with Gasteiger partial charge in [-0.05, 0) is 64.5 Å². The third kappa shape index (κ3) is 5.64. The van der Waals surface area contributed by atoms with Crippen molar-refractivity contribution in [3.8, 4) is 5.75 Å². The fourth-order valence-electron chi connectivity index (χ4n) is 5.93. The fraction of sp³-hybridized carbons (Fsp3) is 0.250. The van der Waals surface area contributed by atoms with E-state index in [1.807, 2.05) is 80.6 Å². The van der Waals surface area contributed by atoms with Crippen molar-refractivity contribution >= 4 is 45.9 Å². The number of nitrogens with zero attached hydrogens (tertiary/aromatic N) is 3. The van der Waals surface area contributed by atoms with Crippen molar-refractivity contribution in [2.75, 3.05) is 6.61 Å². The molecule has 1 atom stereocenters. The van der Waals surface area contributed by atoms with Gasteiger partial charge in [-0.2, -0.15) is 0 Å². The zero-order chi connectivity index (χ0) is 31.8. The number of hydrogen-bond acceptors (Lipinski definition) is 6. The van der Waals surface area contributed by atoms with Crippen LogP contribution in [-0.2, 0) is 16.1 Å². The first-order valence-electron chi connectivity index (χ1n) is 15.0. The van der Waals surface area contributed by atoms with Gasteiger partial charge in [0.1, 0.15) is 11.8 Å². The van der Waals surface area contributed by atoms with Gasteiger partial charge in [0.2, 0.25) is 0 Å². The SMILES string of the molecule is CCOC(=O)C1=C(C)N=c2s/c(=C\c3c(C)n(Cc4ccccc4Cl)c4ccccc34)c(=O)n2[C@H]1c1ccccc1OC(C)C. The maximum absolute atomic E-state index is 14.4. The Hall–Kier alpha value is -4.40. The first-order chi connectivity index (χ1) is 21.7. The molecule has 0 saturated heterocycles. The molecule has 6 rings (SSSR count). The number of benzene rings is 3. The van der Waals surface area contributed by atoms with E-state index in [0.717, 1.165) is 27.7 Å². The summed E-state index contributed by atoms with van der Waals surface area (Å²) in [5.41, 5.74) is 5.32. The molecule has 1 aliphatic rings. The Morgan fingerprint density at radius 3 is 2.51 bits per heavy atom. The van der Waals surface area contributed by atoms with Gasteiger partial charge >= 0.3 is 5.97 Å². The van der Waals surface area contributed by atoms with Crippen molar-refractivity contribution in [3.05, 3.63) is 131 Å². The van der Waals surface area contributed by atoms with Gasteiger partial charge in [-0.3, -0.25) is 9.36 Å². The molecule has 230 valence electrons. The second kappa shape index (κ2) is 12.5. The highest BCUT2D eigenvalue weighted by Gasteiger charge is 2.35. The Bertz CT molecular complexity index is 2150. The lowest BCUT2D eigenvalue weighted by Gasteiger charge is -2.26. The molecule has 0 radical (unpaired) electrons. The number of rotatable bonds is 8. The fourth-order valence-corrected chi connectivity index (χ4v) is 7.15. The van der Waals surface area contributed by atoms with E-state index in [1.165, 1.54) is 11.3 Å². The molecule has 0 unspecified atom stereocenters. The molecule has 0 fully saturated rings. The zero-order valence-corrected chi connectivity index (χ0v) is 27.4. The van der Waals surface area contributed by atoms with Gasteiger partial charge in [0.15, 0.2) is 4.80 Å². The molecule has 0 amide bonds. The van der Waals surface area contributed by atoms with Crippen LogP contribution in [0, 0.1) is 6.92 Å². The summed E-state index contributed by atoms with van der Waals surface area (Å²) >= 11 is 7.85. The molecular formula is C36H34ClN3O4S. The van der Waals surface area contributed by atoms with E-state index < -0.39 is 12.0 Å². The summed E-state index contributed by atoms with van der Waals surface area (Å²) in [7, 11) is 0. The molecule has 0 saturated carbocycles. The van der Waals surface area contributed by atoms with Crippen molar-refractivity contribution in [1.82, 2.24) is 9.13 Å². The molecule has 3 heterocycles. The highest BCUT2D eigenvalue weighted by atomic mass is 35.5. The second-order valence-electron chi connectivity index (χ2n) is 11.2. The lowest BCUT2D eigenvalue weighted by Crippen LogP contribution is -2.40. The van der Waals surface area contributed by atoms with Crippen LogP contribution in [-0.4, -0.2) is 27.8 Å². The molecule has 3 aromatic carbocycles. The highest BCUT2D eigenvalue weighted by Crippen LogP contribution is 2.36. The van der Waals surface area contributed by atoms with Gasteiger partial charge in [-0.25, -0.2) is 9.79 Å². The van der Waals surface area contributed by atoms with E-state index in [9.17, 15) is 9.59 Å². The summed E-state index contributed by atoms with van der Waals surface area (Å²) in [6.07, 6.45) is 1.84. The number of hydrogen-bond donors (Lipinski definition) is 0. The molecule has 45 heavy (non-hydrogen) atoms. The van der Waals surface area contributed by atoms with E-state index in [4.69, 9.17) is 26.1 Å². The smallest absolute Gasteiger partial charge is 0.338 e. The van der Waals surface area contributed by atoms with Gasteiger partial charge in [0.25, 0.3) is 5.56 Å². The number of ether oxygens (including phenoxy) is 2. The maximum atomic E-state index is 14.4. The summed E-state index contributed by atoms with van der Waals surface area (Å²) < 4.78 is 16.0. The molecule has 0 N–H and O–H groups in total. The minimum absolute atomic E-state index is 0.107. The number of para-hydroxylation sites is 2. The van der Waals surface area contributed by atoms with E-state index in [2.05, 4.69) is 23.6 Å². The second-order valence-corrected chi connectivity index (χ2v) is 12.6. The van der Waals surface area contributed by atoms with Crippen molar-refractivity contribution in [2.24, 2.45) is 4.99 Å². The van der Waals surface area contributed by atoms with E-state index in [1.54, 1.807) is 18.4 Å². The average molecular weight is 640 g/mol. The molecule has 9 heteroatoms. The first kappa shape index (κ1) is 30.6. The third-order valence-electron chi connectivity index (χ3n) is 7.93. The normalized spacial score (nSPS) is 15.0. The minimum atomic E-state index is -0.764. The summed E-state index contributed by atoms with van der Waals surface area (Å²) in [6, 6.07) is 22.7. The predicted molar refractivity (Wildman–Crippen MR) is 180 cm³/mol. The summed E-state index contributed by atoms with van der Waals surface area (Å²) in [5, 5.41) is 1.74. The van der Waals surface area contributed by atoms with E-state index in [-0.39, 0.29) is 18.3 Å². The molecule has 0 aliphatic carbocycles. The Morgan fingerprint density at radius 1 is 1.04 bits per heavy atom. The number of carbonyl (C=O) groups is 1. The summed E-state index contributed by atoms with van der Waals surface area (Å²) in [5.74, 6) is 0.0953. The third-order valence-corrected chi connectivity index (χ3v) is 9.29. The van der Waals surface area contributed by atoms with Crippen molar-refractivity contribution in [2.45, 2.75) is 53.3 Å². The summed E-state index contributed by atoms with van der Waals surface area (Å²) in [6.45, 7) is 10.3. The molecule has 1 aliphatic heterocycles. The molecule has 7 nitrogen and oxygen atoms in total. The number of aromatic nitrogens is 2. The number of halogens is 1. The number of thiazole rings is 1. The number of carbonyl (C=O) groups excluding carboxylic acids is 1. The van der Waals surface area contributed by atoms with Crippen molar-refractivity contribution in [3.63, 3.8) is 0 Å². The van der Waals surface area contributed by atoms with Crippen LogP contribution in [0.3, 0.4) is 0 Å². The van der Waals surface area contributed by atoms with Gasteiger partial charge in [-0.1, -0.05) is 77.5 Å². The molecule has 5 aromatic rings. The van der Waals surface area contributed by atoms with Gasteiger partial charge in [-0.15, -0.1) is 0 Å². The number of fused-ring (bicyclic) bond motifs is 2. The van der Waals surface area contributed by atoms with Crippen LogP contribution in [0.15, 0.2) is 93.9 Å². The average Bonchev–Trinajstić information content (AvgIpc) is 3.46. The Kier molecular flexibility index (Phi) is 8.53. The quantitative estimate of drug-likeness (QED) is 0.181. The topological polar surface area (TPSA) is 74.8 Å². The van der Waals surface area contributed by atoms with Crippen molar-refractivity contribution < 1.29 is 14.3 Å². The molecule has 2 aromatic heterocycles. The standard InChI is InChI=1S/C36H34ClN3O4S/c1-6-43-35(42)32-22(4)38-36-40(33(32)26-15-9-12-18-30(26)44-21(2)3)34(41)31(45-36)19-27-23(5)39(29-17-11-8-14-25(27)29)20-24-13-7-10-16-28(24)37/h7-19,21,33H,6,20H2,1-5H3/b31-19-/t33-/m0/s1. The predicted octanol–water partition coefficient (Wildman–Crippen LogP) is 6.55. The lowest BCUT2D eigenvalue weighted by atomic mass is 9.95. The number of esters is 1. The highest BCUT2D eigenvalue weighted by molar-refractivity contribution is 7.07. The van der Waals surface area contributed by atoms with Crippen LogP contribution < -0.4 is 19.6 Å². The Balaban J connectivity index is 1.57. The lowest BCUT2D eigenvalue weighted by molar-refractivity contribution is -0.139. The van der Waals surface area contributed by atoms with Crippen LogP contribution in [0.5, 0.6) is 5.75 Å². The van der Waals surface area contributed by atoms with Crippen LogP contribution in [0.1, 0.15) is 56.1 Å².